The zero-order chi connectivity index (χ0) is 15.4. The van der Waals surface area contributed by atoms with E-state index >= 15 is 0 Å². The third-order valence-corrected chi connectivity index (χ3v) is 4.36. The standard InChI is InChI=1S/C18H24N2O2/c1-14-18(20-12-6-10-16(20)13-21)22-17(19-14)11-5-9-15-7-3-2-4-8-15/h2-4,7-8,16,21H,5-6,9-13H2,1H3/t16-/m0/s1. The highest BCUT2D eigenvalue weighted by atomic mass is 16.4. The summed E-state index contributed by atoms with van der Waals surface area (Å²) in [6, 6.07) is 10.7. The van der Waals surface area contributed by atoms with Crippen molar-refractivity contribution in [3.63, 3.8) is 0 Å². The fraction of sp³-hybridized carbons (Fsp3) is 0.500. The van der Waals surface area contributed by atoms with E-state index in [1.807, 2.05) is 13.0 Å². The first-order valence-corrected chi connectivity index (χ1v) is 8.15. The van der Waals surface area contributed by atoms with Crippen LogP contribution in [0.5, 0.6) is 0 Å². The van der Waals surface area contributed by atoms with Crippen LogP contribution in [-0.2, 0) is 12.8 Å². The average Bonchev–Trinajstić information content (AvgIpc) is 3.14. The van der Waals surface area contributed by atoms with Crippen LogP contribution in [-0.4, -0.2) is 29.3 Å². The average molecular weight is 300 g/mol. The van der Waals surface area contributed by atoms with Crippen LogP contribution in [0.1, 0.15) is 36.4 Å². The van der Waals surface area contributed by atoms with Gasteiger partial charge in [0.25, 0.3) is 0 Å². The fourth-order valence-corrected chi connectivity index (χ4v) is 3.20. The molecule has 22 heavy (non-hydrogen) atoms. The number of hydrogen-bond acceptors (Lipinski definition) is 4. The Morgan fingerprint density at radius 3 is 2.86 bits per heavy atom. The molecule has 1 aliphatic rings. The molecule has 1 saturated heterocycles. The Kier molecular flexibility index (Phi) is 4.78. The molecule has 0 bridgehead atoms. The van der Waals surface area contributed by atoms with E-state index in [0.29, 0.717) is 0 Å². The number of aryl methyl sites for hydroxylation is 3. The van der Waals surface area contributed by atoms with E-state index in [1.165, 1.54) is 5.56 Å². The molecule has 1 aromatic heterocycles. The van der Waals surface area contributed by atoms with E-state index in [2.05, 4.69) is 34.1 Å². The molecule has 1 atom stereocenters. The second-order valence-corrected chi connectivity index (χ2v) is 6.01. The molecule has 4 heteroatoms. The minimum atomic E-state index is 0.184. The van der Waals surface area contributed by atoms with E-state index in [4.69, 9.17) is 4.42 Å². The topological polar surface area (TPSA) is 49.5 Å². The highest BCUT2D eigenvalue weighted by Gasteiger charge is 2.28. The smallest absolute Gasteiger partial charge is 0.219 e. The van der Waals surface area contributed by atoms with Gasteiger partial charge in [0.05, 0.1) is 12.6 Å². The number of nitrogens with zero attached hydrogens (tertiary/aromatic N) is 2. The van der Waals surface area contributed by atoms with Gasteiger partial charge < -0.3 is 14.4 Å². The van der Waals surface area contributed by atoms with Crippen LogP contribution in [0, 0.1) is 6.92 Å². The molecule has 0 saturated carbocycles. The molecule has 0 amide bonds. The lowest BCUT2D eigenvalue weighted by atomic mass is 10.1. The number of oxazole rings is 1. The first-order valence-electron chi connectivity index (χ1n) is 8.15. The molecule has 1 aliphatic heterocycles. The van der Waals surface area contributed by atoms with E-state index in [9.17, 15) is 5.11 Å². The van der Waals surface area contributed by atoms with Crippen molar-refractivity contribution in [2.75, 3.05) is 18.1 Å². The van der Waals surface area contributed by atoms with Crippen molar-refractivity contribution in [2.45, 2.75) is 45.1 Å². The predicted octanol–water partition coefficient (Wildman–Crippen LogP) is 3.12. The van der Waals surface area contributed by atoms with E-state index < -0.39 is 0 Å². The van der Waals surface area contributed by atoms with Crippen LogP contribution in [0.15, 0.2) is 34.7 Å². The summed E-state index contributed by atoms with van der Waals surface area (Å²) in [5.74, 6) is 1.67. The van der Waals surface area contributed by atoms with Gasteiger partial charge in [0.2, 0.25) is 5.88 Å². The van der Waals surface area contributed by atoms with Gasteiger partial charge in [-0.2, -0.15) is 0 Å². The van der Waals surface area contributed by atoms with Gasteiger partial charge in [-0.1, -0.05) is 30.3 Å². The van der Waals surface area contributed by atoms with Crippen LogP contribution in [0.2, 0.25) is 0 Å². The maximum atomic E-state index is 9.46. The van der Waals surface area contributed by atoms with Crippen molar-refractivity contribution in [3.05, 3.63) is 47.5 Å². The van der Waals surface area contributed by atoms with Gasteiger partial charge in [-0.15, -0.1) is 0 Å². The highest BCUT2D eigenvalue weighted by molar-refractivity contribution is 5.42. The molecule has 0 radical (unpaired) electrons. The molecule has 2 heterocycles. The van der Waals surface area contributed by atoms with Crippen LogP contribution < -0.4 is 4.90 Å². The summed E-state index contributed by atoms with van der Waals surface area (Å²) < 4.78 is 5.97. The summed E-state index contributed by atoms with van der Waals surface area (Å²) in [4.78, 5) is 6.73. The first kappa shape index (κ1) is 15.1. The van der Waals surface area contributed by atoms with Gasteiger partial charge in [0, 0.05) is 13.0 Å². The zero-order valence-electron chi connectivity index (χ0n) is 13.2. The molecule has 0 aliphatic carbocycles. The molecule has 0 spiro atoms. The van der Waals surface area contributed by atoms with Crippen LogP contribution in [0.25, 0.3) is 0 Å². The molecule has 0 unspecified atom stereocenters. The Hall–Kier alpha value is -1.81. The molecule has 1 fully saturated rings. The highest BCUT2D eigenvalue weighted by Crippen LogP contribution is 2.29. The normalized spacial score (nSPS) is 18.1. The third-order valence-electron chi connectivity index (χ3n) is 4.36. The molecular formula is C18H24N2O2. The van der Waals surface area contributed by atoms with Gasteiger partial charge in [-0.3, -0.25) is 0 Å². The summed E-state index contributed by atoms with van der Waals surface area (Å²) in [5, 5.41) is 9.46. The van der Waals surface area contributed by atoms with Gasteiger partial charge in [0.1, 0.15) is 5.69 Å². The minimum absolute atomic E-state index is 0.184. The van der Waals surface area contributed by atoms with Crippen molar-refractivity contribution in [1.29, 1.82) is 0 Å². The number of aliphatic hydroxyl groups excluding tert-OH is 1. The summed E-state index contributed by atoms with van der Waals surface area (Å²) in [5.41, 5.74) is 2.29. The lowest BCUT2D eigenvalue weighted by molar-refractivity contribution is 0.263. The SMILES string of the molecule is Cc1nc(CCCc2ccccc2)oc1N1CCC[C@H]1CO. The Morgan fingerprint density at radius 1 is 1.27 bits per heavy atom. The largest absolute Gasteiger partial charge is 0.425 e. The molecule has 2 aromatic rings. The number of anilines is 1. The van der Waals surface area contributed by atoms with Crippen LogP contribution >= 0.6 is 0 Å². The van der Waals surface area contributed by atoms with E-state index in [-0.39, 0.29) is 12.6 Å². The van der Waals surface area contributed by atoms with Crippen molar-refractivity contribution in [3.8, 4) is 0 Å². The monoisotopic (exact) mass is 300 g/mol. The lowest BCUT2D eigenvalue weighted by Crippen LogP contribution is -2.32. The van der Waals surface area contributed by atoms with Crippen molar-refractivity contribution < 1.29 is 9.52 Å². The second-order valence-electron chi connectivity index (χ2n) is 6.01. The second kappa shape index (κ2) is 6.97. The molecule has 1 aromatic carbocycles. The van der Waals surface area contributed by atoms with E-state index in [0.717, 1.165) is 56.1 Å². The van der Waals surface area contributed by atoms with Gasteiger partial charge >= 0.3 is 0 Å². The maximum absolute atomic E-state index is 9.46. The summed E-state index contributed by atoms with van der Waals surface area (Å²) in [6.45, 7) is 3.13. The molecule has 4 nitrogen and oxygen atoms in total. The van der Waals surface area contributed by atoms with Gasteiger partial charge in [-0.05, 0) is 38.2 Å². The van der Waals surface area contributed by atoms with Crippen molar-refractivity contribution in [1.82, 2.24) is 4.98 Å². The molecule has 118 valence electrons. The molecule has 3 rings (SSSR count). The number of rotatable bonds is 6. The predicted molar refractivity (Wildman–Crippen MR) is 87.2 cm³/mol. The quantitative estimate of drug-likeness (QED) is 0.890. The lowest BCUT2D eigenvalue weighted by Gasteiger charge is -2.22. The van der Waals surface area contributed by atoms with Gasteiger partial charge in [0.15, 0.2) is 5.89 Å². The summed E-state index contributed by atoms with van der Waals surface area (Å²) in [7, 11) is 0. The van der Waals surface area contributed by atoms with Gasteiger partial charge in [-0.25, -0.2) is 4.98 Å². The number of aliphatic hydroxyl groups is 1. The Balaban J connectivity index is 1.60. The Bertz CT molecular complexity index is 594. The first-order chi connectivity index (χ1) is 10.8. The fourth-order valence-electron chi connectivity index (χ4n) is 3.20. The number of benzene rings is 1. The van der Waals surface area contributed by atoms with E-state index in [1.54, 1.807) is 0 Å². The zero-order valence-corrected chi connectivity index (χ0v) is 13.2. The van der Waals surface area contributed by atoms with Crippen LogP contribution in [0.4, 0.5) is 5.88 Å². The third kappa shape index (κ3) is 3.33. The van der Waals surface area contributed by atoms with Crippen molar-refractivity contribution in [2.24, 2.45) is 0 Å². The Morgan fingerprint density at radius 2 is 2.09 bits per heavy atom. The summed E-state index contributed by atoms with van der Waals surface area (Å²) >= 11 is 0. The molecule has 1 N–H and O–H groups in total. The number of hydrogen-bond donors (Lipinski definition) is 1. The maximum Gasteiger partial charge on any atom is 0.219 e. The van der Waals surface area contributed by atoms with Crippen LogP contribution in [0.3, 0.4) is 0 Å². The van der Waals surface area contributed by atoms with Crippen molar-refractivity contribution >= 4 is 5.88 Å². The number of aromatic nitrogens is 1. The Labute approximate surface area is 131 Å². The summed E-state index contributed by atoms with van der Waals surface area (Å²) in [6.07, 6.45) is 5.06. The molecular weight excluding hydrogens is 276 g/mol. The minimum Gasteiger partial charge on any atom is -0.425 e.